The molecule has 0 aliphatic carbocycles. The van der Waals surface area contributed by atoms with Crippen LogP contribution in [0, 0.1) is 5.82 Å². The van der Waals surface area contributed by atoms with E-state index in [9.17, 15) is 9.18 Å². The van der Waals surface area contributed by atoms with Crippen molar-refractivity contribution in [1.29, 1.82) is 0 Å². The minimum absolute atomic E-state index is 0.254. The fourth-order valence-electron chi connectivity index (χ4n) is 4.18. The molecule has 1 amide bonds. The molecule has 5 rings (SSSR count). The molecule has 160 valence electrons. The largest absolute Gasteiger partial charge is 0.453 e. The summed E-state index contributed by atoms with van der Waals surface area (Å²) in [5.41, 5.74) is 5.12. The van der Waals surface area contributed by atoms with E-state index in [0.717, 1.165) is 28.1 Å². The molecule has 0 radical (unpaired) electrons. The van der Waals surface area contributed by atoms with Gasteiger partial charge < -0.3 is 19.7 Å². The number of rotatable bonds is 1. The number of pyridine rings is 1. The highest BCUT2D eigenvalue weighted by Gasteiger charge is 2.23. The summed E-state index contributed by atoms with van der Waals surface area (Å²) in [6.07, 6.45) is 4.02. The van der Waals surface area contributed by atoms with Gasteiger partial charge in [-0.25, -0.2) is 9.18 Å². The van der Waals surface area contributed by atoms with Gasteiger partial charge in [0.2, 0.25) is 0 Å². The third-order valence-electron chi connectivity index (χ3n) is 5.80. The number of hydrogen-bond donors (Lipinski definition) is 1. The van der Waals surface area contributed by atoms with Gasteiger partial charge in [-0.2, -0.15) is 0 Å². The maximum atomic E-state index is 14.4. The van der Waals surface area contributed by atoms with Gasteiger partial charge in [0.05, 0.1) is 20.3 Å². The van der Waals surface area contributed by atoms with Crippen molar-refractivity contribution in [2.24, 2.45) is 0 Å². The minimum Gasteiger partial charge on any atom is -0.453 e. The van der Waals surface area contributed by atoms with Crippen LogP contribution in [0.5, 0.6) is 0 Å². The molecule has 0 fully saturated rings. The number of nitrogens with zero attached hydrogens (tertiary/aromatic N) is 4. The molecule has 0 atom stereocenters. The van der Waals surface area contributed by atoms with Crippen molar-refractivity contribution < 1.29 is 18.7 Å². The standard InChI is InChI=1S/C22H22FN5O3/c1-30-22(29)27-7-5-14(6-8-27)17-9-16-12-31-11-15-3-2-4-19(23)18(15)10-24-20(16)28-13-25-26-21(17)28/h2-5,9,13,24H,6-8,10-12H2,1H3. The number of anilines is 1. The summed E-state index contributed by atoms with van der Waals surface area (Å²) < 4.78 is 27.0. The highest BCUT2D eigenvalue weighted by atomic mass is 19.1. The van der Waals surface area contributed by atoms with E-state index in [-0.39, 0.29) is 11.9 Å². The van der Waals surface area contributed by atoms with Gasteiger partial charge in [-0.3, -0.25) is 4.40 Å². The van der Waals surface area contributed by atoms with Gasteiger partial charge in [0.25, 0.3) is 0 Å². The van der Waals surface area contributed by atoms with Crippen molar-refractivity contribution in [3.8, 4) is 0 Å². The van der Waals surface area contributed by atoms with E-state index < -0.39 is 0 Å². The second kappa shape index (κ2) is 7.99. The molecule has 31 heavy (non-hydrogen) atoms. The number of methoxy groups -OCH3 is 1. The van der Waals surface area contributed by atoms with E-state index in [1.165, 1.54) is 13.2 Å². The van der Waals surface area contributed by atoms with Crippen molar-refractivity contribution in [3.05, 3.63) is 64.7 Å². The predicted octanol–water partition coefficient (Wildman–Crippen LogP) is 3.37. The second-order valence-electron chi connectivity index (χ2n) is 7.58. The second-order valence-corrected chi connectivity index (χ2v) is 7.58. The fraction of sp³-hybridized carbons (Fsp3) is 0.318. The van der Waals surface area contributed by atoms with Crippen LogP contribution in [-0.4, -0.2) is 45.8 Å². The van der Waals surface area contributed by atoms with Gasteiger partial charge in [0.1, 0.15) is 18.0 Å². The molecule has 9 heteroatoms. The average Bonchev–Trinajstić information content (AvgIpc) is 3.30. The smallest absolute Gasteiger partial charge is 0.409 e. The van der Waals surface area contributed by atoms with Crippen molar-refractivity contribution in [2.45, 2.75) is 26.2 Å². The van der Waals surface area contributed by atoms with E-state index in [2.05, 4.69) is 21.6 Å². The molecule has 1 aromatic carbocycles. The maximum absolute atomic E-state index is 14.4. The molecule has 0 bridgehead atoms. The molecule has 2 aliphatic rings. The SMILES string of the molecule is COC(=O)N1CC=C(c2cc3c(n4cnnc24)NCc2c(F)cccc2COC3)CC1. The van der Waals surface area contributed by atoms with Gasteiger partial charge in [-0.05, 0) is 29.7 Å². The van der Waals surface area contributed by atoms with E-state index in [1.807, 2.05) is 16.5 Å². The summed E-state index contributed by atoms with van der Waals surface area (Å²) >= 11 is 0. The first-order valence-corrected chi connectivity index (χ1v) is 10.1. The summed E-state index contributed by atoms with van der Waals surface area (Å²) in [6, 6.07) is 7.10. The van der Waals surface area contributed by atoms with Crippen LogP contribution < -0.4 is 5.32 Å². The Hall–Kier alpha value is -3.46. The van der Waals surface area contributed by atoms with E-state index in [0.29, 0.717) is 50.5 Å². The van der Waals surface area contributed by atoms with Gasteiger partial charge in [-0.15, -0.1) is 10.2 Å². The number of carbonyl (C=O) groups is 1. The Morgan fingerprint density at radius 2 is 2.16 bits per heavy atom. The van der Waals surface area contributed by atoms with E-state index in [1.54, 1.807) is 17.3 Å². The maximum Gasteiger partial charge on any atom is 0.409 e. The zero-order chi connectivity index (χ0) is 21.4. The number of aromatic nitrogens is 3. The van der Waals surface area contributed by atoms with Crippen LogP contribution in [0.3, 0.4) is 0 Å². The number of ether oxygens (including phenoxy) is 2. The summed E-state index contributed by atoms with van der Waals surface area (Å²) in [5.74, 6) is 0.531. The molecule has 3 aromatic rings. The molecule has 8 nitrogen and oxygen atoms in total. The molecule has 0 saturated carbocycles. The molecular formula is C22H22FN5O3. The van der Waals surface area contributed by atoms with Crippen LogP contribution >= 0.6 is 0 Å². The highest BCUT2D eigenvalue weighted by molar-refractivity contribution is 5.80. The van der Waals surface area contributed by atoms with E-state index >= 15 is 0 Å². The number of fused-ring (bicyclic) bond motifs is 4. The van der Waals surface area contributed by atoms with Crippen molar-refractivity contribution in [3.63, 3.8) is 0 Å². The molecule has 0 unspecified atom stereocenters. The molecule has 0 saturated heterocycles. The van der Waals surface area contributed by atoms with Gasteiger partial charge in [0, 0.05) is 36.3 Å². The van der Waals surface area contributed by atoms with Gasteiger partial charge in [-0.1, -0.05) is 18.2 Å². The molecule has 4 heterocycles. The van der Waals surface area contributed by atoms with Crippen molar-refractivity contribution in [2.75, 3.05) is 25.5 Å². The number of amides is 1. The lowest BCUT2D eigenvalue weighted by Gasteiger charge is -2.26. The summed E-state index contributed by atoms with van der Waals surface area (Å²) in [7, 11) is 1.38. The monoisotopic (exact) mass is 423 g/mol. The lowest BCUT2D eigenvalue weighted by Crippen LogP contribution is -2.34. The molecule has 2 aromatic heterocycles. The van der Waals surface area contributed by atoms with Crippen molar-refractivity contribution in [1.82, 2.24) is 19.5 Å². The van der Waals surface area contributed by atoms with Gasteiger partial charge in [0.15, 0.2) is 5.65 Å². The Bertz CT molecular complexity index is 1190. The average molecular weight is 423 g/mol. The Labute approximate surface area is 178 Å². The van der Waals surface area contributed by atoms with Crippen molar-refractivity contribution >= 4 is 23.1 Å². The Kier molecular flexibility index (Phi) is 5.03. The van der Waals surface area contributed by atoms with E-state index in [4.69, 9.17) is 9.47 Å². The third-order valence-corrected chi connectivity index (χ3v) is 5.80. The minimum atomic E-state index is -0.332. The topological polar surface area (TPSA) is 81.0 Å². The Balaban J connectivity index is 1.53. The Morgan fingerprint density at radius 1 is 1.29 bits per heavy atom. The summed E-state index contributed by atoms with van der Waals surface area (Å²) in [6.45, 7) is 2.07. The van der Waals surface area contributed by atoms with Crippen LogP contribution in [0.4, 0.5) is 15.0 Å². The first kappa shape index (κ1) is 19.5. The summed E-state index contributed by atoms with van der Waals surface area (Å²) in [5, 5.41) is 11.8. The number of benzene rings is 1. The quantitative estimate of drug-likeness (QED) is 0.647. The van der Waals surface area contributed by atoms with Crippen LogP contribution in [0.2, 0.25) is 0 Å². The fourth-order valence-corrected chi connectivity index (χ4v) is 4.18. The molecular weight excluding hydrogens is 401 g/mol. The zero-order valence-electron chi connectivity index (χ0n) is 17.1. The normalized spacial score (nSPS) is 16.3. The molecule has 2 aliphatic heterocycles. The third kappa shape index (κ3) is 3.50. The number of carbonyl (C=O) groups excluding carboxylic acids is 1. The van der Waals surface area contributed by atoms with Crippen LogP contribution in [-0.2, 0) is 29.2 Å². The predicted molar refractivity (Wildman–Crippen MR) is 112 cm³/mol. The lowest BCUT2D eigenvalue weighted by molar-refractivity contribution is 0.107. The molecule has 1 N–H and O–H groups in total. The number of nitrogens with one attached hydrogen (secondary N) is 1. The number of halogens is 1. The number of hydrogen-bond acceptors (Lipinski definition) is 6. The molecule has 0 spiro atoms. The summed E-state index contributed by atoms with van der Waals surface area (Å²) in [4.78, 5) is 13.4. The first-order valence-electron chi connectivity index (χ1n) is 10.1. The lowest BCUT2D eigenvalue weighted by atomic mass is 9.99. The van der Waals surface area contributed by atoms with Crippen LogP contribution in [0.1, 0.15) is 28.7 Å². The zero-order valence-corrected chi connectivity index (χ0v) is 17.1. The Morgan fingerprint density at radius 3 is 2.97 bits per heavy atom. The van der Waals surface area contributed by atoms with Crippen LogP contribution in [0.25, 0.3) is 11.2 Å². The van der Waals surface area contributed by atoms with Gasteiger partial charge >= 0.3 is 6.09 Å². The highest BCUT2D eigenvalue weighted by Crippen LogP contribution is 2.32. The first-order chi connectivity index (χ1) is 15.2. The van der Waals surface area contributed by atoms with Crippen LogP contribution in [0.15, 0.2) is 36.7 Å².